The molecule has 0 aliphatic carbocycles. The summed E-state index contributed by atoms with van der Waals surface area (Å²) in [6.07, 6.45) is 0.983. The molecule has 1 aliphatic rings. The van der Waals surface area contributed by atoms with Gasteiger partial charge in [-0.05, 0) is 26.2 Å². The van der Waals surface area contributed by atoms with E-state index in [1.807, 2.05) is 0 Å². The van der Waals surface area contributed by atoms with Crippen molar-refractivity contribution in [2.75, 3.05) is 18.4 Å². The molecular formula is C8H16BrNO2S. The zero-order valence-electron chi connectivity index (χ0n) is 8.03. The Morgan fingerprint density at radius 1 is 1.54 bits per heavy atom. The maximum absolute atomic E-state index is 11.7. The van der Waals surface area contributed by atoms with Crippen LogP contribution >= 0.6 is 15.9 Å². The second kappa shape index (κ2) is 4.28. The van der Waals surface area contributed by atoms with Gasteiger partial charge in [0.2, 0.25) is 10.0 Å². The summed E-state index contributed by atoms with van der Waals surface area (Å²) in [6.45, 7) is 4.84. The highest BCUT2D eigenvalue weighted by atomic mass is 79.9. The van der Waals surface area contributed by atoms with Gasteiger partial charge in [0, 0.05) is 18.4 Å². The lowest BCUT2D eigenvalue weighted by Crippen LogP contribution is -2.34. The molecule has 0 amide bonds. The molecule has 0 aromatic carbocycles. The second-order valence-electron chi connectivity index (χ2n) is 3.76. The van der Waals surface area contributed by atoms with Crippen molar-refractivity contribution in [3.8, 4) is 0 Å². The average Bonchev–Trinajstić information content (AvgIpc) is 2.51. The lowest BCUT2D eigenvalue weighted by molar-refractivity contribution is 0.459. The third-order valence-corrected chi connectivity index (χ3v) is 5.58. The third kappa shape index (κ3) is 2.44. The van der Waals surface area contributed by atoms with E-state index in [-0.39, 0.29) is 5.25 Å². The molecule has 1 saturated heterocycles. The SMILES string of the molecule is CC(C)S(=O)(=O)N1CCC(CBr)C1. The number of hydrogen-bond donors (Lipinski definition) is 0. The number of alkyl halides is 1. The molecule has 0 bridgehead atoms. The number of rotatable bonds is 3. The zero-order valence-corrected chi connectivity index (χ0v) is 10.4. The van der Waals surface area contributed by atoms with Crippen molar-refractivity contribution in [1.29, 1.82) is 0 Å². The van der Waals surface area contributed by atoms with Gasteiger partial charge in [-0.25, -0.2) is 12.7 Å². The van der Waals surface area contributed by atoms with Crippen LogP contribution < -0.4 is 0 Å². The van der Waals surface area contributed by atoms with E-state index in [4.69, 9.17) is 0 Å². The Bertz CT molecular complexity index is 263. The van der Waals surface area contributed by atoms with Crippen molar-refractivity contribution in [3.05, 3.63) is 0 Å². The number of hydrogen-bond acceptors (Lipinski definition) is 2. The normalized spacial score (nSPS) is 25.7. The van der Waals surface area contributed by atoms with Crippen LogP contribution in [0.25, 0.3) is 0 Å². The maximum atomic E-state index is 11.7. The van der Waals surface area contributed by atoms with E-state index in [0.717, 1.165) is 11.8 Å². The van der Waals surface area contributed by atoms with E-state index in [2.05, 4.69) is 15.9 Å². The van der Waals surface area contributed by atoms with Crippen molar-refractivity contribution < 1.29 is 8.42 Å². The van der Waals surface area contributed by atoms with Crippen LogP contribution in [0.4, 0.5) is 0 Å². The van der Waals surface area contributed by atoms with E-state index >= 15 is 0 Å². The highest BCUT2D eigenvalue weighted by Crippen LogP contribution is 2.22. The second-order valence-corrected chi connectivity index (χ2v) is 6.90. The van der Waals surface area contributed by atoms with Crippen LogP contribution in [-0.2, 0) is 10.0 Å². The minimum atomic E-state index is -3.01. The quantitative estimate of drug-likeness (QED) is 0.728. The molecule has 1 heterocycles. The largest absolute Gasteiger partial charge is 0.216 e. The van der Waals surface area contributed by atoms with E-state index in [1.165, 1.54) is 0 Å². The van der Waals surface area contributed by atoms with E-state index in [9.17, 15) is 8.42 Å². The molecular weight excluding hydrogens is 254 g/mol. The van der Waals surface area contributed by atoms with Crippen LogP contribution in [0.5, 0.6) is 0 Å². The summed E-state index contributed by atoms with van der Waals surface area (Å²) < 4.78 is 25.0. The third-order valence-electron chi connectivity index (χ3n) is 2.42. The summed E-state index contributed by atoms with van der Waals surface area (Å²) in [5, 5.41) is 0.610. The van der Waals surface area contributed by atoms with Crippen molar-refractivity contribution in [3.63, 3.8) is 0 Å². The smallest absolute Gasteiger partial charge is 0.212 e. The first-order valence-corrected chi connectivity index (χ1v) is 7.16. The first-order valence-electron chi connectivity index (χ1n) is 4.53. The average molecular weight is 270 g/mol. The zero-order chi connectivity index (χ0) is 10.1. The standard InChI is InChI=1S/C8H16BrNO2S/c1-7(2)13(11,12)10-4-3-8(5-9)6-10/h7-8H,3-6H2,1-2H3. The minimum absolute atomic E-state index is 0.290. The van der Waals surface area contributed by atoms with Gasteiger partial charge in [0.05, 0.1) is 5.25 Å². The van der Waals surface area contributed by atoms with Crippen molar-refractivity contribution in [1.82, 2.24) is 4.31 Å². The van der Waals surface area contributed by atoms with Crippen LogP contribution in [0.1, 0.15) is 20.3 Å². The van der Waals surface area contributed by atoms with Crippen LogP contribution in [0, 0.1) is 5.92 Å². The highest BCUT2D eigenvalue weighted by molar-refractivity contribution is 9.09. The fourth-order valence-corrected chi connectivity index (χ4v) is 3.36. The minimum Gasteiger partial charge on any atom is -0.212 e. The van der Waals surface area contributed by atoms with Gasteiger partial charge < -0.3 is 0 Å². The number of nitrogens with zero attached hydrogens (tertiary/aromatic N) is 1. The van der Waals surface area contributed by atoms with Gasteiger partial charge in [0.15, 0.2) is 0 Å². The van der Waals surface area contributed by atoms with Crippen molar-refractivity contribution >= 4 is 26.0 Å². The Morgan fingerprint density at radius 2 is 2.15 bits per heavy atom. The number of sulfonamides is 1. The van der Waals surface area contributed by atoms with Gasteiger partial charge in [-0.2, -0.15) is 0 Å². The van der Waals surface area contributed by atoms with Crippen LogP contribution in [0.3, 0.4) is 0 Å². The maximum Gasteiger partial charge on any atom is 0.216 e. The van der Waals surface area contributed by atoms with Crippen molar-refractivity contribution in [2.45, 2.75) is 25.5 Å². The molecule has 0 aromatic rings. The molecule has 78 valence electrons. The van der Waals surface area contributed by atoms with Crippen LogP contribution in [-0.4, -0.2) is 36.4 Å². The highest BCUT2D eigenvalue weighted by Gasteiger charge is 2.32. The Morgan fingerprint density at radius 3 is 2.54 bits per heavy atom. The molecule has 0 N–H and O–H groups in total. The molecule has 1 rings (SSSR count). The predicted octanol–water partition coefficient (Wildman–Crippen LogP) is 1.44. The summed E-state index contributed by atoms with van der Waals surface area (Å²) in [6, 6.07) is 0. The molecule has 1 unspecified atom stereocenters. The summed E-state index contributed by atoms with van der Waals surface area (Å²) in [5.41, 5.74) is 0. The Labute approximate surface area is 88.7 Å². The molecule has 0 saturated carbocycles. The first-order chi connectivity index (χ1) is 5.98. The lowest BCUT2D eigenvalue weighted by atomic mass is 10.2. The molecule has 1 aliphatic heterocycles. The predicted molar refractivity (Wildman–Crippen MR) is 57.5 cm³/mol. The Hall–Kier alpha value is 0.390. The monoisotopic (exact) mass is 269 g/mol. The fraction of sp³-hybridized carbons (Fsp3) is 1.00. The summed E-state index contributed by atoms with van der Waals surface area (Å²) in [7, 11) is -3.01. The Balaban J connectivity index is 2.66. The van der Waals surface area contributed by atoms with Gasteiger partial charge >= 0.3 is 0 Å². The van der Waals surface area contributed by atoms with Gasteiger partial charge in [-0.3, -0.25) is 0 Å². The van der Waals surface area contributed by atoms with Gasteiger partial charge in [-0.15, -0.1) is 0 Å². The lowest BCUT2D eigenvalue weighted by Gasteiger charge is -2.18. The summed E-state index contributed by atoms with van der Waals surface area (Å²) in [4.78, 5) is 0. The molecule has 13 heavy (non-hydrogen) atoms. The molecule has 5 heteroatoms. The molecule has 0 radical (unpaired) electrons. The van der Waals surface area contributed by atoms with E-state index in [1.54, 1.807) is 18.2 Å². The molecule has 0 spiro atoms. The van der Waals surface area contributed by atoms with Crippen molar-refractivity contribution in [2.24, 2.45) is 5.92 Å². The Kier molecular flexibility index (Phi) is 3.77. The van der Waals surface area contributed by atoms with Gasteiger partial charge in [-0.1, -0.05) is 15.9 Å². The topological polar surface area (TPSA) is 37.4 Å². The molecule has 1 fully saturated rings. The van der Waals surface area contributed by atoms with E-state index < -0.39 is 10.0 Å². The molecule has 1 atom stereocenters. The fourth-order valence-electron chi connectivity index (χ4n) is 1.45. The van der Waals surface area contributed by atoms with Crippen LogP contribution in [0.15, 0.2) is 0 Å². The summed E-state index contributed by atoms with van der Waals surface area (Å²) in [5.74, 6) is 0.494. The number of halogens is 1. The summed E-state index contributed by atoms with van der Waals surface area (Å²) >= 11 is 3.39. The van der Waals surface area contributed by atoms with Crippen LogP contribution in [0.2, 0.25) is 0 Å². The van der Waals surface area contributed by atoms with Gasteiger partial charge in [0.1, 0.15) is 0 Å². The molecule has 3 nitrogen and oxygen atoms in total. The van der Waals surface area contributed by atoms with Gasteiger partial charge in [0.25, 0.3) is 0 Å². The van der Waals surface area contributed by atoms with E-state index in [0.29, 0.717) is 19.0 Å². The first kappa shape index (κ1) is 11.5. The molecule has 0 aromatic heterocycles.